The van der Waals surface area contributed by atoms with Gasteiger partial charge in [-0.1, -0.05) is 31.5 Å². The number of hydrogen-bond donors (Lipinski definition) is 1. The number of aliphatic carboxylic acids is 1. The second kappa shape index (κ2) is 7.30. The molecule has 0 saturated carbocycles. The van der Waals surface area contributed by atoms with Gasteiger partial charge in [-0.2, -0.15) is 0 Å². The van der Waals surface area contributed by atoms with E-state index in [9.17, 15) is 14.7 Å². The molecule has 1 saturated heterocycles. The summed E-state index contributed by atoms with van der Waals surface area (Å²) in [6.45, 7) is 5.89. The predicted octanol–water partition coefficient (Wildman–Crippen LogP) is 3.69. The summed E-state index contributed by atoms with van der Waals surface area (Å²) in [4.78, 5) is 26.3. The Morgan fingerprint density at radius 1 is 1.28 bits per heavy atom. The van der Waals surface area contributed by atoms with Crippen LogP contribution in [0.25, 0.3) is 10.9 Å². The number of nitrogens with zero attached hydrogens (tertiary/aromatic N) is 2. The Balaban J connectivity index is 2.00. The van der Waals surface area contributed by atoms with Crippen LogP contribution < -0.4 is 0 Å². The molecule has 1 aromatic heterocycles. The van der Waals surface area contributed by atoms with Crippen molar-refractivity contribution < 1.29 is 14.7 Å². The van der Waals surface area contributed by atoms with Gasteiger partial charge in [0.05, 0.1) is 5.92 Å². The lowest BCUT2D eigenvalue weighted by atomic mass is 9.98. The van der Waals surface area contributed by atoms with E-state index >= 15 is 0 Å². The van der Waals surface area contributed by atoms with Gasteiger partial charge >= 0.3 is 5.97 Å². The van der Waals surface area contributed by atoms with Crippen LogP contribution >= 0.6 is 0 Å². The zero-order valence-corrected chi connectivity index (χ0v) is 15.0. The molecule has 134 valence electrons. The minimum absolute atomic E-state index is 0.0317. The predicted molar refractivity (Wildman–Crippen MR) is 97.8 cm³/mol. The minimum atomic E-state index is -0.805. The first-order valence-corrected chi connectivity index (χ1v) is 9.14. The Bertz CT molecular complexity index is 794. The minimum Gasteiger partial charge on any atom is -0.481 e. The molecule has 0 spiro atoms. The Morgan fingerprint density at radius 2 is 2.04 bits per heavy atom. The van der Waals surface area contributed by atoms with Gasteiger partial charge in [0.1, 0.15) is 5.69 Å². The molecule has 0 aliphatic carbocycles. The van der Waals surface area contributed by atoms with E-state index in [0.717, 1.165) is 48.0 Å². The summed E-state index contributed by atoms with van der Waals surface area (Å²) in [5, 5.41) is 10.4. The third kappa shape index (κ3) is 3.28. The van der Waals surface area contributed by atoms with Crippen LogP contribution in [0.2, 0.25) is 0 Å². The lowest BCUT2D eigenvalue weighted by Crippen LogP contribution is -2.43. The summed E-state index contributed by atoms with van der Waals surface area (Å²) in [5.74, 6) is -1.29. The molecule has 0 radical (unpaired) electrons. The number of hydrogen-bond acceptors (Lipinski definition) is 2. The van der Waals surface area contributed by atoms with Crippen LogP contribution in [0.1, 0.15) is 48.7 Å². The number of carboxylic acids is 1. The highest BCUT2D eigenvalue weighted by molar-refractivity contribution is 6.01. The summed E-state index contributed by atoms with van der Waals surface area (Å²) in [7, 11) is 0. The van der Waals surface area contributed by atoms with E-state index in [4.69, 9.17) is 0 Å². The molecule has 5 heteroatoms. The summed E-state index contributed by atoms with van der Waals surface area (Å²) in [5.41, 5.74) is 2.80. The number of piperidine rings is 1. The third-order valence-corrected chi connectivity index (χ3v) is 5.22. The number of rotatable bonds is 5. The molecular formula is C20H26N2O3. The normalized spacial score (nSPS) is 17.8. The number of aryl methyl sites for hydroxylation is 2. The van der Waals surface area contributed by atoms with Crippen LogP contribution in [0.3, 0.4) is 0 Å². The van der Waals surface area contributed by atoms with Crippen molar-refractivity contribution >= 4 is 22.8 Å². The molecule has 1 N–H and O–H groups in total. The quantitative estimate of drug-likeness (QED) is 0.901. The van der Waals surface area contributed by atoms with E-state index in [-0.39, 0.29) is 5.91 Å². The number of para-hydroxylation sites is 1. The van der Waals surface area contributed by atoms with Gasteiger partial charge in [0.2, 0.25) is 0 Å². The smallest absolute Gasteiger partial charge is 0.308 e. The highest BCUT2D eigenvalue weighted by atomic mass is 16.4. The van der Waals surface area contributed by atoms with Crippen molar-refractivity contribution in [2.24, 2.45) is 5.92 Å². The van der Waals surface area contributed by atoms with Crippen LogP contribution in [0, 0.1) is 12.8 Å². The van der Waals surface area contributed by atoms with E-state index in [1.807, 2.05) is 19.1 Å². The largest absolute Gasteiger partial charge is 0.481 e. The van der Waals surface area contributed by atoms with Crippen molar-refractivity contribution in [1.82, 2.24) is 9.47 Å². The van der Waals surface area contributed by atoms with Crippen molar-refractivity contribution in [3.05, 3.63) is 35.5 Å². The number of carbonyl (C=O) groups is 2. The summed E-state index contributed by atoms with van der Waals surface area (Å²) in [6.07, 6.45) is 3.47. The second-order valence-corrected chi connectivity index (χ2v) is 6.92. The van der Waals surface area contributed by atoms with E-state index < -0.39 is 11.9 Å². The molecule has 3 rings (SSSR count). The molecule has 1 atom stereocenters. The molecule has 25 heavy (non-hydrogen) atoms. The van der Waals surface area contributed by atoms with Crippen molar-refractivity contribution in [2.45, 2.75) is 46.1 Å². The van der Waals surface area contributed by atoms with E-state index in [2.05, 4.69) is 23.6 Å². The first kappa shape index (κ1) is 17.5. The topological polar surface area (TPSA) is 62.5 Å². The third-order valence-electron chi connectivity index (χ3n) is 5.22. The van der Waals surface area contributed by atoms with Crippen molar-refractivity contribution in [2.75, 3.05) is 13.1 Å². The van der Waals surface area contributed by atoms with Gasteiger partial charge < -0.3 is 14.6 Å². The highest BCUT2D eigenvalue weighted by Crippen LogP contribution is 2.28. The first-order valence-electron chi connectivity index (χ1n) is 9.14. The fraction of sp³-hybridized carbons (Fsp3) is 0.500. The Labute approximate surface area is 148 Å². The first-order chi connectivity index (χ1) is 12.0. The molecular weight excluding hydrogens is 316 g/mol. The number of unbranched alkanes of at least 4 members (excludes halogenated alkanes) is 1. The average Bonchev–Trinajstić information content (AvgIpc) is 2.91. The van der Waals surface area contributed by atoms with Gasteiger partial charge in [0, 0.05) is 30.5 Å². The van der Waals surface area contributed by atoms with Crippen LogP contribution in [-0.2, 0) is 11.3 Å². The van der Waals surface area contributed by atoms with Crippen LogP contribution in [0.5, 0.6) is 0 Å². The lowest BCUT2D eigenvalue weighted by Gasteiger charge is -2.31. The number of carbonyl (C=O) groups excluding carboxylic acids is 1. The molecule has 2 aromatic rings. The molecule has 2 heterocycles. The average molecular weight is 342 g/mol. The molecule has 5 nitrogen and oxygen atoms in total. The summed E-state index contributed by atoms with van der Waals surface area (Å²) < 4.78 is 2.13. The van der Waals surface area contributed by atoms with E-state index in [1.165, 1.54) is 0 Å². The van der Waals surface area contributed by atoms with Gasteiger partial charge in [0.25, 0.3) is 5.91 Å². The zero-order chi connectivity index (χ0) is 18.0. The molecule has 1 fully saturated rings. The van der Waals surface area contributed by atoms with Crippen molar-refractivity contribution in [3.63, 3.8) is 0 Å². The Kier molecular flexibility index (Phi) is 5.11. The lowest BCUT2D eigenvalue weighted by molar-refractivity contribution is -0.143. The van der Waals surface area contributed by atoms with Gasteiger partial charge in [-0.05, 0) is 37.8 Å². The van der Waals surface area contributed by atoms with Crippen molar-refractivity contribution in [3.8, 4) is 0 Å². The summed E-state index contributed by atoms with van der Waals surface area (Å²) >= 11 is 0. The van der Waals surface area contributed by atoms with Crippen LogP contribution in [-0.4, -0.2) is 39.5 Å². The second-order valence-electron chi connectivity index (χ2n) is 6.92. The van der Waals surface area contributed by atoms with Crippen LogP contribution in [0.15, 0.2) is 24.3 Å². The molecule has 1 aliphatic rings. The maximum Gasteiger partial charge on any atom is 0.308 e. The maximum absolute atomic E-state index is 13.3. The monoisotopic (exact) mass is 342 g/mol. The van der Waals surface area contributed by atoms with E-state index in [0.29, 0.717) is 19.5 Å². The number of likely N-dealkylation sites (tertiary alicyclic amines) is 1. The SMILES string of the molecule is CCCCn1c(C(=O)N2CCCC(C(=O)O)C2)c(C)c2ccccc21. The number of amides is 1. The summed E-state index contributed by atoms with van der Waals surface area (Å²) in [6, 6.07) is 8.11. The molecule has 1 aliphatic heterocycles. The number of fused-ring (bicyclic) bond motifs is 1. The molecule has 1 unspecified atom stereocenters. The number of benzene rings is 1. The maximum atomic E-state index is 13.3. The van der Waals surface area contributed by atoms with Crippen molar-refractivity contribution in [1.29, 1.82) is 0 Å². The number of aromatic nitrogens is 1. The van der Waals surface area contributed by atoms with E-state index in [1.54, 1.807) is 4.90 Å². The van der Waals surface area contributed by atoms with Crippen LogP contribution in [0.4, 0.5) is 0 Å². The Hall–Kier alpha value is -2.30. The van der Waals surface area contributed by atoms with Gasteiger partial charge in [-0.25, -0.2) is 0 Å². The van der Waals surface area contributed by atoms with Gasteiger partial charge in [-0.3, -0.25) is 9.59 Å². The van der Waals surface area contributed by atoms with Gasteiger partial charge in [-0.15, -0.1) is 0 Å². The fourth-order valence-electron chi connectivity index (χ4n) is 3.81. The molecule has 1 aromatic carbocycles. The van der Waals surface area contributed by atoms with Gasteiger partial charge in [0.15, 0.2) is 0 Å². The number of carboxylic acid groups (broad SMARTS) is 1. The molecule has 1 amide bonds. The zero-order valence-electron chi connectivity index (χ0n) is 15.0. The fourth-order valence-corrected chi connectivity index (χ4v) is 3.81. The standard InChI is InChI=1S/C20H26N2O3/c1-3-4-12-22-17-10-6-5-9-16(17)14(2)18(22)19(23)21-11-7-8-15(13-21)20(24)25/h5-6,9-10,15H,3-4,7-8,11-13H2,1-2H3,(H,24,25). The highest BCUT2D eigenvalue weighted by Gasteiger charge is 2.31. The Morgan fingerprint density at radius 3 is 2.76 bits per heavy atom. The molecule has 0 bridgehead atoms.